The summed E-state index contributed by atoms with van der Waals surface area (Å²) in [6, 6.07) is 5.76. The third kappa shape index (κ3) is 2.69. The van der Waals surface area contributed by atoms with Crippen LogP contribution in [0.3, 0.4) is 0 Å². The average Bonchev–Trinajstić information content (AvgIpc) is 3.45. The molecule has 25 heavy (non-hydrogen) atoms. The van der Waals surface area contributed by atoms with E-state index in [4.69, 9.17) is 0 Å². The number of halogens is 2. The van der Waals surface area contributed by atoms with Crippen molar-refractivity contribution < 1.29 is 8.78 Å². The van der Waals surface area contributed by atoms with Crippen molar-refractivity contribution in [2.24, 2.45) is 5.92 Å². The number of nitrogens with zero attached hydrogens (tertiary/aromatic N) is 3. The van der Waals surface area contributed by atoms with E-state index >= 15 is 0 Å². The van der Waals surface area contributed by atoms with E-state index in [0.717, 1.165) is 37.3 Å². The van der Waals surface area contributed by atoms with Gasteiger partial charge in [0.15, 0.2) is 5.82 Å². The van der Waals surface area contributed by atoms with Crippen molar-refractivity contribution in [3.05, 3.63) is 36.0 Å². The number of hydrogen-bond donors (Lipinski definition) is 0. The number of likely N-dealkylation sites (tertiary alicyclic amines) is 1. The van der Waals surface area contributed by atoms with Crippen LogP contribution in [0.15, 0.2) is 24.4 Å². The Morgan fingerprint density at radius 2 is 1.92 bits per heavy atom. The molecule has 0 bridgehead atoms. The standard InChI is InChI=1S/C20H23F2N3/c21-14-10-16-19(5-7-23-20(16)17(22)11-14)24-9-6-18-13(12-24)2-1-8-25(18)15-3-4-15/h5,7,10-11,13,15,18H,1-4,6,8-9,12H2. The quantitative estimate of drug-likeness (QED) is 0.823. The summed E-state index contributed by atoms with van der Waals surface area (Å²) >= 11 is 0. The van der Waals surface area contributed by atoms with Gasteiger partial charge in [-0.25, -0.2) is 8.78 Å². The van der Waals surface area contributed by atoms with Gasteiger partial charge in [0.25, 0.3) is 0 Å². The Hall–Kier alpha value is -1.75. The molecule has 0 amide bonds. The van der Waals surface area contributed by atoms with Gasteiger partial charge in [-0.15, -0.1) is 0 Å². The Bertz CT molecular complexity index is 805. The molecule has 132 valence electrons. The Kier molecular flexibility index (Phi) is 3.66. The molecule has 2 saturated heterocycles. The number of fused-ring (bicyclic) bond motifs is 2. The van der Waals surface area contributed by atoms with Crippen molar-refractivity contribution in [1.29, 1.82) is 0 Å². The van der Waals surface area contributed by atoms with Gasteiger partial charge >= 0.3 is 0 Å². The lowest BCUT2D eigenvalue weighted by Gasteiger charge is -2.48. The van der Waals surface area contributed by atoms with E-state index in [-0.39, 0.29) is 5.52 Å². The fraction of sp³-hybridized carbons (Fsp3) is 0.550. The normalized spacial score (nSPS) is 27.5. The first-order valence-electron chi connectivity index (χ1n) is 9.45. The van der Waals surface area contributed by atoms with Crippen LogP contribution >= 0.6 is 0 Å². The summed E-state index contributed by atoms with van der Waals surface area (Å²) in [5.41, 5.74) is 1.19. The molecule has 3 fully saturated rings. The predicted molar refractivity (Wildman–Crippen MR) is 94.7 cm³/mol. The van der Waals surface area contributed by atoms with Gasteiger partial charge in [-0.2, -0.15) is 0 Å². The molecule has 0 N–H and O–H groups in total. The van der Waals surface area contributed by atoms with Gasteiger partial charge in [0.2, 0.25) is 0 Å². The second-order valence-electron chi connectivity index (χ2n) is 7.79. The predicted octanol–water partition coefficient (Wildman–Crippen LogP) is 3.97. The number of pyridine rings is 1. The first-order valence-corrected chi connectivity index (χ1v) is 9.45. The molecule has 1 aliphatic carbocycles. The highest BCUT2D eigenvalue weighted by Crippen LogP contribution is 2.40. The van der Waals surface area contributed by atoms with Crippen LogP contribution in [0.25, 0.3) is 10.9 Å². The summed E-state index contributed by atoms with van der Waals surface area (Å²) in [6.45, 7) is 3.17. The van der Waals surface area contributed by atoms with Crippen molar-refractivity contribution in [1.82, 2.24) is 9.88 Å². The lowest BCUT2D eigenvalue weighted by Crippen LogP contribution is -2.54. The number of anilines is 1. The lowest BCUT2D eigenvalue weighted by atomic mass is 9.83. The van der Waals surface area contributed by atoms with Gasteiger partial charge in [0.1, 0.15) is 11.3 Å². The third-order valence-electron chi connectivity index (χ3n) is 6.21. The summed E-state index contributed by atoms with van der Waals surface area (Å²) in [5.74, 6) is -0.458. The highest BCUT2D eigenvalue weighted by Gasteiger charge is 2.42. The number of hydrogen-bond acceptors (Lipinski definition) is 3. The summed E-state index contributed by atoms with van der Waals surface area (Å²) in [7, 11) is 0. The van der Waals surface area contributed by atoms with Crippen molar-refractivity contribution in [2.75, 3.05) is 24.5 Å². The van der Waals surface area contributed by atoms with Gasteiger partial charge in [-0.1, -0.05) is 0 Å². The van der Waals surface area contributed by atoms with E-state index in [1.807, 2.05) is 6.07 Å². The molecule has 2 atom stereocenters. The molecule has 2 aromatic rings. The molecule has 2 aliphatic heterocycles. The number of rotatable bonds is 2. The van der Waals surface area contributed by atoms with E-state index < -0.39 is 11.6 Å². The van der Waals surface area contributed by atoms with Crippen LogP contribution in [0, 0.1) is 17.6 Å². The van der Waals surface area contributed by atoms with Crippen molar-refractivity contribution in [2.45, 2.75) is 44.2 Å². The largest absolute Gasteiger partial charge is 0.371 e. The lowest BCUT2D eigenvalue weighted by molar-refractivity contribution is 0.0698. The van der Waals surface area contributed by atoms with Crippen LogP contribution < -0.4 is 4.90 Å². The Labute approximate surface area is 146 Å². The molecule has 0 radical (unpaired) electrons. The Morgan fingerprint density at radius 3 is 2.76 bits per heavy atom. The summed E-state index contributed by atoms with van der Waals surface area (Å²) in [6.07, 6.45) is 8.04. The first-order chi connectivity index (χ1) is 12.2. The molecule has 3 heterocycles. The molecule has 3 aliphatic rings. The van der Waals surface area contributed by atoms with Gasteiger partial charge in [-0.05, 0) is 56.7 Å². The van der Waals surface area contributed by atoms with Crippen molar-refractivity contribution in [3.63, 3.8) is 0 Å². The maximum Gasteiger partial charge on any atom is 0.152 e. The summed E-state index contributed by atoms with van der Waals surface area (Å²) in [5, 5.41) is 0.591. The van der Waals surface area contributed by atoms with E-state index in [0.29, 0.717) is 17.3 Å². The molecule has 0 spiro atoms. The number of piperidine rings is 2. The van der Waals surface area contributed by atoms with Crippen LogP contribution in [0.2, 0.25) is 0 Å². The Balaban J connectivity index is 1.46. The monoisotopic (exact) mass is 343 g/mol. The second-order valence-corrected chi connectivity index (χ2v) is 7.79. The number of benzene rings is 1. The third-order valence-corrected chi connectivity index (χ3v) is 6.21. The minimum absolute atomic E-state index is 0.268. The highest BCUT2D eigenvalue weighted by atomic mass is 19.1. The fourth-order valence-corrected chi connectivity index (χ4v) is 4.96. The molecular formula is C20H23F2N3. The second kappa shape index (κ2) is 5.90. The average molecular weight is 343 g/mol. The van der Waals surface area contributed by atoms with Gasteiger partial charge in [0, 0.05) is 48.5 Å². The topological polar surface area (TPSA) is 19.4 Å². The van der Waals surface area contributed by atoms with E-state index in [2.05, 4.69) is 14.8 Å². The molecule has 1 saturated carbocycles. The molecule has 1 aromatic carbocycles. The Morgan fingerprint density at radius 1 is 1.04 bits per heavy atom. The fourth-order valence-electron chi connectivity index (χ4n) is 4.96. The zero-order chi connectivity index (χ0) is 17.0. The summed E-state index contributed by atoms with van der Waals surface area (Å²) < 4.78 is 27.8. The van der Waals surface area contributed by atoms with Crippen molar-refractivity contribution >= 4 is 16.6 Å². The minimum Gasteiger partial charge on any atom is -0.371 e. The minimum atomic E-state index is -0.579. The van der Waals surface area contributed by atoms with Gasteiger partial charge in [-0.3, -0.25) is 9.88 Å². The maximum absolute atomic E-state index is 14.1. The SMILES string of the molecule is Fc1cc(F)c2nccc(N3CCC4C(CCCN4C4CC4)C3)c2c1. The van der Waals surface area contributed by atoms with Crippen LogP contribution in [0.5, 0.6) is 0 Å². The van der Waals surface area contributed by atoms with Crippen LogP contribution in [-0.2, 0) is 0 Å². The molecule has 5 heteroatoms. The first kappa shape index (κ1) is 15.5. The zero-order valence-corrected chi connectivity index (χ0v) is 14.3. The number of aromatic nitrogens is 1. The van der Waals surface area contributed by atoms with Gasteiger partial charge in [0.05, 0.1) is 0 Å². The van der Waals surface area contributed by atoms with E-state index in [1.165, 1.54) is 38.3 Å². The molecule has 5 rings (SSSR count). The molecule has 3 nitrogen and oxygen atoms in total. The van der Waals surface area contributed by atoms with E-state index in [1.54, 1.807) is 6.20 Å². The highest BCUT2D eigenvalue weighted by molar-refractivity contribution is 5.92. The van der Waals surface area contributed by atoms with Crippen LogP contribution in [-0.4, -0.2) is 41.6 Å². The molecule has 1 aromatic heterocycles. The van der Waals surface area contributed by atoms with Crippen molar-refractivity contribution in [3.8, 4) is 0 Å². The van der Waals surface area contributed by atoms with E-state index in [9.17, 15) is 8.78 Å². The van der Waals surface area contributed by atoms with Crippen LogP contribution in [0.1, 0.15) is 32.1 Å². The summed E-state index contributed by atoms with van der Waals surface area (Å²) in [4.78, 5) is 9.19. The van der Waals surface area contributed by atoms with Gasteiger partial charge < -0.3 is 4.90 Å². The molecule has 2 unspecified atom stereocenters. The molecular weight excluding hydrogens is 320 g/mol. The smallest absolute Gasteiger partial charge is 0.152 e. The van der Waals surface area contributed by atoms with Crippen LogP contribution in [0.4, 0.5) is 14.5 Å². The maximum atomic E-state index is 14.1. The zero-order valence-electron chi connectivity index (χ0n) is 14.3.